The van der Waals surface area contributed by atoms with Gasteiger partial charge in [-0.3, -0.25) is 0 Å². The van der Waals surface area contributed by atoms with Crippen molar-refractivity contribution in [2.24, 2.45) is 10.8 Å². The van der Waals surface area contributed by atoms with E-state index in [1.165, 1.54) is 96.9 Å². The van der Waals surface area contributed by atoms with Gasteiger partial charge in [0.1, 0.15) is 0 Å². The van der Waals surface area contributed by atoms with Crippen molar-refractivity contribution in [3.8, 4) is 0 Å². The van der Waals surface area contributed by atoms with E-state index in [9.17, 15) is 0 Å². The lowest BCUT2D eigenvalue weighted by molar-refractivity contribution is 0.0484. The van der Waals surface area contributed by atoms with Gasteiger partial charge >= 0.3 is 0 Å². The minimum absolute atomic E-state index is 0.639. The van der Waals surface area contributed by atoms with Gasteiger partial charge in [-0.15, -0.1) is 0 Å². The summed E-state index contributed by atoms with van der Waals surface area (Å²) >= 11 is 0. The number of piperidine rings is 2. The van der Waals surface area contributed by atoms with Crippen LogP contribution in [-0.2, 0) is 0 Å². The Morgan fingerprint density at radius 1 is 0.900 bits per heavy atom. The van der Waals surface area contributed by atoms with Crippen molar-refractivity contribution in [1.29, 1.82) is 0 Å². The summed E-state index contributed by atoms with van der Waals surface area (Å²) in [5.41, 5.74) is 1.42. The monoisotopic (exact) mass is 278 g/mol. The van der Waals surface area contributed by atoms with Gasteiger partial charge in [-0.05, 0) is 82.0 Å². The normalized spacial score (nSPS) is 29.9. The molecule has 1 spiro atoms. The summed E-state index contributed by atoms with van der Waals surface area (Å²) in [6.07, 6.45) is 14.7. The number of rotatable bonds is 4. The Labute approximate surface area is 125 Å². The summed E-state index contributed by atoms with van der Waals surface area (Å²) in [7, 11) is 0. The molecule has 2 aliphatic heterocycles. The first kappa shape index (κ1) is 14.8. The number of nitrogens with zero attached hydrogens (tertiary/aromatic N) is 1. The van der Waals surface area contributed by atoms with Crippen LogP contribution in [0.4, 0.5) is 0 Å². The van der Waals surface area contributed by atoms with Crippen molar-refractivity contribution < 1.29 is 0 Å². The van der Waals surface area contributed by atoms with E-state index in [1.54, 1.807) is 0 Å². The summed E-state index contributed by atoms with van der Waals surface area (Å²) in [6.45, 7) is 9.03. The molecule has 0 aromatic rings. The van der Waals surface area contributed by atoms with Crippen molar-refractivity contribution in [3.63, 3.8) is 0 Å². The summed E-state index contributed by atoms with van der Waals surface area (Å²) < 4.78 is 0. The fraction of sp³-hybridized carbons (Fsp3) is 1.00. The largest absolute Gasteiger partial charge is 0.317 e. The maximum atomic E-state index is 3.56. The second kappa shape index (κ2) is 6.36. The van der Waals surface area contributed by atoms with Crippen LogP contribution in [0.15, 0.2) is 0 Å². The SMILES string of the molecule is CCCC1(CN2CCC3(CCCC3)CC2)CCNCC1. The lowest BCUT2D eigenvalue weighted by Crippen LogP contribution is -2.48. The maximum Gasteiger partial charge on any atom is 0.00389 e. The molecule has 2 saturated heterocycles. The lowest BCUT2D eigenvalue weighted by atomic mass is 9.73. The highest BCUT2D eigenvalue weighted by molar-refractivity contribution is 4.93. The first-order valence-corrected chi connectivity index (χ1v) is 9.19. The standard InChI is InChI=1S/C18H34N2/c1-2-5-18(8-12-19-13-9-18)16-20-14-10-17(11-15-20)6-3-4-7-17/h19H,2-16H2,1H3. The fourth-order valence-electron chi connectivity index (χ4n) is 5.26. The molecule has 116 valence electrons. The smallest absolute Gasteiger partial charge is 0.00389 e. The van der Waals surface area contributed by atoms with E-state index in [4.69, 9.17) is 0 Å². The molecular weight excluding hydrogens is 244 g/mol. The zero-order chi connectivity index (χ0) is 13.9. The van der Waals surface area contributed by atoms with Crippen molar-refractivity contribution in [3.05, 3.63) is 0 Å². The summed E-state index contributed by atoms with van der Waals surface area (Å²) in [4.78, 5) is 2.82. The summed E-state index contributed by atoms with van der Waals surface area (Å²) in [5, 5.41) is 3.56. The van der Waals surface area contributed by atoms with Gasteiger partial charge in [0.15, 0.2) is 0 Å². The number of nitrogens with one attached hydrogen (secondary N) is 1. The van der Waals surface area contributed by atoms with E-state index in [0.717, 1.165) is 5.41 Å². The number of likely N-dealkylation sites (tertiary alicyclic amines) is 1. The van der Waals surface area contributed by atoms with Crippen LogP contribution >= 0.6 is 0 Å². The van der Waals surface area contributed by atoms with E-state index in [0.29, 0.717) is 5.41 Å². The highest BCUT2D eigenvalue weighted by Crippen LogP contribution is 2.47. The summed E-state index contributed by atoms with van der Waals surface area (Å²) in [5.74, 6) is 0. The van der Waals surface area contributed by atoms with Crippen LogP contribution in [0.25, 0.3) is 0 Å². The Morgan fingerprint density at radius 3 is 2.15 bits per heavy atom. The Bertz CT molecular complexity index is 285. The Kier molecular flexibility index (Phi) is 4.72. The molecule has 1 N–H and O–H groups in total. The molecule has 2 heteroatoms. The van der Waals surface area contributed by atoms with E-state index in [-0.39, 0.29) is 0 Å². The van der Waals surface area contributed by atoms with Gasteiger partial charge < -0.3 is 10.2 Å². The van der Waals surface area contributed by atoms with E-state index < -0.39 is 0 Å². The lowest BCUT2D eigenvalue weighted by Gasteiger charge is -2.46. The maximum absolute atomic E-state index is 3.56. The van der Waals surface area contributed by atoms with Crippen LogP contribution in [0.3, 0.4) is 0 Å². The average molecular weight is 278 g/mol. The van der Waals surface area contributed by atoms with E-state index >= 15 is 0 Å². The molecule has 20 heavy (non-hydrogen) atoms. The quantitative estimate of drug-likeness (QED) is 0.841. The minimum Gasteiger partial charge on any atom is -0.317 e. The summed E-state index contributed by atoms with van der Waals surface area (Å²) in [6, 6.07) is 0. The molecule has 0 radical (unpaired) electrons. The van der Waals surface area contributed by atoms with Gasteiger partial charge in [0, 0.05) is 6.54 Å². The first-order chi connectivity index (χ1) is 9.76. The highest BCUT2D eigenvalue weighted by Gasteiger charge is 2.39. The highest BCUT2D eigenvalue weighted by atomic mass is 15.1. The molecule has 3 aliphatic rings. The second-order valence-electron chi connectivity index (χ2n) is 7.98. The third-order valence-corrected chi connectivity index (χ3v) is 6.58. The second-order valence-corrected chi connectivity index (χ2v) is 7.98. The molecule has 0 amide bonds. The molecule has 2 heterocycles. The molecule has 0 atom stereocenters. The molecule has 0 aromatic carbocycles. The van der Waals surface area contributed by atoms with Gasteiger partial charge in [0.25, 0.3) is 0 Å². The molecule has 2 nitrogen and oxygen atoms in total. The first-order valence-electron chi connectivity index (χ1n) is 9.19. The van der Waals surface area contributed by atoms with Gasteiger partial charge in [0.2, 0.25) is 0 Å². The van der Waals surface area contributed by atoms with Crippen LogP contribution in [0.2, 0.25) is 0 Å². The zero-order valence-corrected chi connectivity index (χ0v) is 13.6. The fourth-order valence-corrected chi connectivity index (χ4v) is 5.26. The van der Waals surface area contributed by atoms with Crippen LogP contribution < -0.4 is 5.32 Å². The predicted octanol–water partition coefficient (Wildman–Crippen LogP) is 3.81. The minimum atomic E-state index is 0.639. The van der Waals surface area contributed by atoms with Gasteiger partial charge in [-0.2, -0.15) is 0 Å². The molecular formula is C18H34N2. The Balaban J connectivity index is 1.54. The van der Waals surface area contributed by atoms with Gasteiger partial charge in [-0.25, -0.2) is 0 Å². The van der Waals surface area contributed by atoms with Crippen molar-refractivity contribution in [1.82, 2.24) is 10.2 Å². The van der Waals surface area contributed by atoms with E-state index in [1.807, 2.05) is 0 Å². The zero-order valence-electron chi connectivity index (χ0n) is 13.6. The van der Waals surface area contributed by atoms with Crippen LogP contribution in [-0.4, -0.2) is 37.6 Å². The predicted molar refractivity (Wildman–Crippen MR) is 86.0 cm³/mol. The van der Waals surface area contributed by atoms with E-state index in [2.05, 4.69) is 17.1 Å². The molecule has 3 rings (SSSR count). The van der Waals surface area contributed by atoms with Gasteiger partial charge in [0.05, 0.1) is 0 Å². The molecule has 0 bridgehead atoms. The molecule has 0 aromatic heterocycles. The number of hydrogen-bond acceptors (Lipinski definition) is 2. The molecule has 0 unspecified atom stereocenters. The third kappa shape index (κ3) is 3.22. The number of hydrogen-bond donors (Lipinski definition) is 1. The average Bonchev–Trinajstić information content (AvgIpc) is 2.92. The molecule has 1 saturated carbocycles. The van der Waals surface area contributed by atoms with Crippen molar-refractivity contribution >= 4 is 0 Å². The molecule has 3 fully saturated rings. The molecule has 1 aliphatic carbocycles. The van der Waals surface area contributed by atoms with Crippen LogP contribution in [0, 0.1) is 10.8 Å². The third-order valence-electron chi connectivity index (χ3n) is 6.58. The van der Waals surface area contributed by atoms with Crippen molar-refractivity contribution in [2.75, 3.05) is 32.7 Å². The Hall–Kier alpha value is -0.0800. The van der Waals surface area contributed by atoms with Crippen molar-refractivity contribution in [2.45, 2.75) is 71.1 Å². The van der Waals surface area contributed by atoms with Gasteiger partial charge in [-0.1, -0.05) is 26.2 Å². The van der Waals surface area contributed by atoms with Crippen LogP contribution in [0.1, 0.15) is 71.1 Å². The topological polar surface area (TPSA) is 15.3 Å². The van der Waals surface area contributed by atoms with Crippen LogP contribution in [0.5, 0.6) is 0 Å². The Morgan fingerprint density at radius 2 is 1.55 bits per heavy atom.